The van der Waals surface area contributed by atoms with Gasteiger partial charge in [-0.3, -0.25) is 4.79 Å². The van der Waals surface area contributed by atoms with E-state index in [-0.39, 0.29) is 18.4 Å². The largest absolute Gasteiger partial charge is 0.391 e. The van der Waals surface area contributed by atoms with Crippen LogP contribution < -0.4 is 10.2 Å². The topological polar surface area (TPSA) is 52.6 Å². The number of aliphatic hydroxyl groups is 1. The van der Waals surface area contributed by atoms with Crippen LogP contribution in [-0.4, -0.2) is 37.8 Å². The fraction of sp³-hybridized carbons (Fsp3) is 0.500. The van der Waals surface area contributed by atoms with E-state index < -0.39 is 6.10 Å². The van der Waals surface area contributed by atoms with Gasteiger partial charge in [-0.1, -0.05) is 13.8 Å². The van der Waals surface area contributed by atoms with Crippen molar-refractivity contribution in [2.24, 2.45) is 5.92 Å². The maximum absolute atomic E-state index is 11.8. The van der Waals surface area contributed by atoms with Gasteiger partial charge in [0.25, 0.3) is 5.91 Å². The predicted molar refractivity (Wildman–Crippen MR) is 73.9 cm³/mol. The van der Waals surface area contributed by atoms with Crippen molar-refractivity contribution < 1.29 is 9.90 Å². The highest BCUT2D eigenvalue weighted by Crippen LogP contribution is 2.12. The third-order valence-electron chi connectivity index (χ3n) is 2.89. The molecular weight excluding hydrogens is 228 g/mol. The Morgan fingerprint density at radius 3 is 2.28 bits per heavy atom. The summed E-state index contributed by atoms with van der Waals surface area (Å²) < 4.78 is 0. The SMILES string of the molecule is CC(C)C(O)CNC(=O)c1ccc(N(C)C)cc1. The molecule has 0 aliphatic rings. The lowest BCUT2D eigenvalue weighted by Gasteiger charge is -2.15. The lowest BCUT2D eigenvalue weighted by atomic mass is 10.1. The molecule has 1 aromatic carbocycles. The molecule has 0 aromatic heterocycles. The zero-order valence-electron chi connectivity index (χ0n) is 11.5. The number of anilines is 1. The molecule has 1 amide bonds. The molecule has 0 aliphatic carbocycles. The van der Waals surface area contributed by atoms with Gasteiger partial charge in [0.2, 0.25) is 0 Å². The molecule has 1 rings (SSSR count). The number of nitrogens with zero attached hydrogens (tertiary/aromatic N) is 1. The molecule has 0 aliphatic heterocycles. The Labute approximate surface area is 109 Å². The summed E-state index contributed by atoms with van der Waals surface area (Å²) in [5.74, 6) is -0.0126. The van der Waals surface area contributed by atoms with Crippen LogP contribution in [0.4, 0.5) is 5.69 Å². The molecule has 1 atom stereocenters. The second-order valence-electron chi connectivity index (χ2n) is 4.96. The summed E-state index contributed by atoms with van der Waals surface area (Å²) >= 11 is 0. The molecule has 0 saturated heterocycles. The average Bonchev–Trinajstić information content (AvgIpc) is 2.35. The molecule has 2 N–H and O–H groups in total. The van der Waals surface area contributed by atoms with E-state index in [1.54, 1.807) is 12.1 Å². The van der Waals surface area contributed by atoms with Gasteiger partial charge < -0.3 is 15.3 Å². The number of hydrogen-bond donors (Lipinski definition) is 2. The number of carbonyl (C=O) groups is 1. The first-order valence-corrected chi connectivity index (χ1v) is 6.15. The highest BCUT2D eigenvalue weighted by atomic mass is 16.3. The minimum absolute atomic E-state index is 0.140. The third kappa shape index (κ3) is 4.04. The molecular formula is C14H22N2O2. The number of amides is 1. The van der Waals surface area contributed by atoms with Gasteiger partial charge >= 0.3 is 0 Å². The minimum Gasteiger partial charge on any atom is -0.391 e. The molecule has 0 fully saturated rings. The molecule has 4 nitrogen and oxygen atoms in total. The average molecular weight is 250 g/mol. The lowest BCUT2D eigenvalue weighted by Crippen LogP contribution is -2.34. The fourth-order valence-corrected chi connectivity index (χ4v) is 1.45. The smallest absolute Gasteiger partial charge is 0.251 e. The quantitative estimate of drug-likeness (QED) is 0.832. The molecule has 100 valence electrons. The van der Waals surface area contributed by atoms with Gasteiger partial charge in [-0.2, -0.15) is 0 Å². The molecule has 0 saturated carbocycles. The van der Waals surface area contributed by atoms with Crippen LogP contribution in [0.2, 0.25) is 0 Å². The zero-order valence-corrected chi connectivity index (χ0v) is 11.5. The van der Waals surface area contributed by atoms with Gasteiger partial charge in [-0.05, 0) is 30.2 Å². The van der Waals surface area contributed by atoms with Gasteiger partial charge in [-0.25, -0.2) is 0 Å². The summed E-state index contributed by atoms with van der Waals surface area (Å²) in [6.45, 7) is 4.12. The monoisotopic (exact) mass is 250 g/mol. The molecule has 0 heterocycles. The minimum atomic E-state index is -0.505. The highest BCUT2D eigenvalue weighted by molar-refractivity contribution is 5.94. The fourth-order valence-electron chi connectivity index (χ4n) is 1.45. The van der Waals surface area contributed by atoms with Gasteiger partial charge in [0, 0.05) is 31.9 Å². The number of hydrogen-bond acceptors (Lipinski definition) is 3. The van der Waals surface area contributed by atoms with Crippen molar-refractivity contribution in [2.75, 3.05) is 25.5 Å². The van der Waals surface area contributed by atoms with E-state index in [0.717, 1.165) is 5.69 Å². The van der Waals surface area contributed by atoms with Crippen LogP contribution in [0.25, 0.3) is 0 Å². The van der Waals surface area contributed by atoms with Crippen molar-refractivity contribution in [3.8, 4) is 0 Å². The van der Waals surface area contributed by atoms with E-state index in [2.05, 4.69) is 5.32 Å². The Bertz CT molecular complexity index is 385. The molecule has 1 aromatic rings. The number of carbonyl (C=O) groups excluding carboxylic acids is 1. The highest BCUT2D eigenvalue weighted by Gasteiger charge is 2.11. The summed E-state index contributed by atoms with van der Waals surface area (Å²) in [4.78, 5) is 13.8. The summed E-state index contributed by atoms with van der Waals surface area (Å²) in [5, 5.41) is 12.3. The van der Waals surface area contributed by atoms with E-state index in [9.17, 15) is 9.90 Å². The van der Waals surface area contributed by atoms with Crippen molar-refractivity contribution >= 4 is 11.6 Å². The van der Waals surface area contributed by atoms with Gasteiger partial charge in [0.15, 0.2) is 0 Å². The molecule has 0 spiro atoms. The van der Waals surface area contributed by atoms with E-state index >= 15 is 0 Å². The van der Waals surface area contributed by atoms with Crippen molar-refractivity contribution in [1.29, 1.82) is 0 Å². The molecule has 4 heteroatoms. The third-order valence-corrected chi connectivity index (χ3v) is 2.89. The van der Waals surface area contributed by atoms with E-state index in [1.165, 1.54) is 0 Å². The van der Waals surface area contributed by atoms with Crippen molar-refractivity contribution in [1.82, 2.24) is 5.32 Å². The lowest BCUT2D eigenvalue weighted by molar-refractivity contribution is 0.0871. The summed E-state index contributed by atoms with van der Waals surface area (Å²) in [7, 11) is 3.90. The Balaban J connectivity index is 2.57. The number of rotatable bonds is 5. The van der Waals surface area contributed by atoms with Gasteiger partial charge in [-0.15, -0.1) is 0 Å². The first-order chi connectivity index (χ1) is 8.41. The van der Waals surface area contributed by atoms with Crippen LogP contribution in [0, 0.1) is 5.92 Å². The molecule has 1 unspecified atom stereocenters. The number of aliphatic hydroxyl groups excluding tert-OH is 1. The summed E-state index contributed by atoms with van der Waals surface area (Å²) in [5.41, 5.74) is 1.66. The standard InChI is InChI=1S/C14H22N2O2/c1-10(2)13(17)9-15-14(18)11-5-7-12(8-6-11)16(3)4/h5-8,10,13,17H,9H2,1-4H3,(H,15,18). The van der Waals surface area contributed by atoms with Gasteiger partial charge in [0.05, 0.1) is 6.10 Å². The van der Waals surface area contributed by atoms with Crippen LogP contribution in [0.15, 0.2) is 24.3 Å². The number of nitrogens with one attached hydrogen (secondary N) is 1. The molecule has 0 radical (unpaired) electrons. The van der Waals surface area contributed by atoms with Crippen molar-refractivity contribution in [3.63, 3.8) is 0 Å². The van der Waals surface area contributed by atoms with E-state index in [1.807, 2.05) is 45.0 Å². The second kappa shape index (κ2) is 6.40. The summed E-state index contributed by atoms with van der Waals surface area (Å²) in [6.07, 6.45) is -0.505. The van der Waals surface area contributed by atoms with E-state index in [4.69, 9.17) is 0 Å². The summed E-state index contributed by atoms with van der Waals surface area (Å²) in [6, 6.07) is 7.36. The maximum atomic E-state index is 11.8. The van der Waals surface area contributed by atoms with Crippen LogP contribution in [0.5, 0.6) is 0 Å². The Kier molecular flexibility index (Phi) is 5.16. The Morgan fingerprint density at radius 1 is 1.28 bits per heavy atom. The number of benzene rings is 1. The first kappa shape index (κ1) is 14.5. The normalized spacial score (nSPS) is 12.3. The Morgan fingerprint density at radius 2 is 1.83 bits per heavy atom. The maximum Gasteiger partial charge on any atom is 0.251 e. The second-order valence-corrected chi connectivity index (χ2v) is 4.96. The molecule has 18 heavy (non-hydrogen) atoms. The van der Waals surface area contributed by atoms with E-state index in [0.29, 0.717) is 5.56 Å². The van der Waals surface area contributed by atoms with Crippen molar-refractivity contribution in [2.45, 2.75) is 20.0 Å². The van der Waals surface area contributed by atoms with Crippen LogP contribution in [-0.2, 0) is 0 Å². The van der Waals surface area contributed by atoms with Crippen molar-refractivity contribution in [3.05, 3.63) is 29.8 Å². The van der Waals surface area contributed by atoms with Crippen LogP contribution in [0.3, 0.4) is 0 Å². The van der Waals surface area contributed by atoms with Gasteiger partial charge in [0.1, 0.15) is 0 Å². The zero-order chi connectivity index (χ0) is 13.7. The molecule has 0 bridgehead atoms. The van der Waals surface area contributed by atoms with Crippen LogP contribution in [0.1, 0.15) is 24.2 Å². The first-order valence-electron chi connectivity index (χ1n) is 6.15. The Hall–Kier alpha value is -1.55. The predicted octanol–water partition coefficient (Wildman–Crippen LogP) is 1.50. The van der Waals surface area contributed by atoms with Crippen LogP contribution >= 0.6 is 0 Å².